The molecular formula is C25H27ClN2O4S. The molecule has 3 aromatic rings. The predicted octanol–water partition coefficient (Wildman–Crippen LogP) is 4.61. The Kier molecular flexibility index (Phi) is 7.22. The molecule has 1 unspecified atom stereocenters. The number of fused-ring (bicyclic) bond motifs is 1. The molecule has 0 aromatic heterocycles. The van der Waals surface area contributed by atoms with Gasteiger partial charge in [-0.05, 0) is 54.3 Å². The lowest BCUT2D eigenvalue weighted by atomic mass is 9.98. The van der Waals surface area contributed by atoms with Crippen LogP contribution in [0, 0.1) is 5.92 Å². The summed E-state index contributed by atoms with van der Waals surface area (Å²) in [6, 6.07) is 18.6. The van der Waals surface area contributed by atoms with E-state index in [1.807, 2.05) is 42.5 Å². The number of carbonyl (C=O) groups is 1. The SMILES string of the molecule is CCOc1ccc(Cl)cc1S(=O)(=O)N1CCCC(C(=O)NCc2cccc3ccccc23)C1. The zero-order valence-corrected chi connectivity index (χ0v) is 20.0. The molecule has 1 N–H and O–H groups in total. The van der Waals surface area contributed by atoms with Gasteiger partial charge < -0.3 is 10.1 Å². The van der Waals surface area contributed by atoms with Crippen LogP contribution in [0.4, 0.5) is 0 Å². The first-order valence-electron chi connectivity index (χ1n) is 11.1. The molecule has 33 heavy (non-hydrogen) atoms. The zero-order valence-electron chi connectivity index (χ0n) is 18.5. The van der Waals surface area contributed by atoms with E-state index in [1.54, 1.807) is 19.1 Å². The summed E-state index contributed by atoms with van der Waals surface area (Å²) in [6.07, 6.45) is 1.25. The van der Waals surface area contributed by atoms with E-state index in [2.05, 4.69) is 5.32 Å². The van der Waals surface area contributed by atoms with Gasteiger partial charge in [0, 0.05) is 24.7 Å². The third-order valence-electron chi connectivity index (χ3n) is 5.91. The second-order valence-corrected chi connectivity index (χ2v) is 10.4. The maximum atomic E-state index is 13.4. The lowest BCUT2D eigenvalue weighted by Crippen LogP contribution is -2.45. The molecule has 4 rings (SSSR count). The topological polar surface area (TPSA) is 75.7 Å². The van der Waals surface area contributed by atoms with Crippen LogP contribution in [0.25, 0.3) is 10.8 Å². The molecule has 1 atom stereocenters. The molecule has 1 aliphatic rings. The van der Waals surface area contributed by atoms with E-state index < -0.39 is 15.9 Å². The number of benzene rings is 3. The number of ether oxygens (including phenoxy) is 1. The Morgan fingerprint density at radius 3 is 2.76 bits per heavy atom. The quantitative estimate of drug-likeness (QED) is 0.529. The number of nitrogens with one attached hydrogen (secondary N) is 1. The Morgan fingerprint density at radius 2 is 1.94 bits per heavy atom. The van der Waals surface area contributed by atoms with Gasteiger partial charge in [0.05, 0.1) is 12.5 Å². The maximum Gasteiger partial charge on any atom is 0.246 e. The van der Waals surface area contributed by atoms with Crippen molar-refractivity contribution in [2.75, 3.05) is 19.7 Å². The van der Waals surface area contributed by atoms with Gasteiger partial charge in [-0.25, -0.2) is 8.42 Å². The van der Waals surface area contributed by atoms with Gasteiger partial charge in [0.25, 0.3) is 0 Å². The van der Waals surface area contributed by atoms with Crippen LogP contribution in [-0.4, -0.2) is 38.3 Å². The summed E-state index contributed by atoms with van der Waals surface area (Å²) < 4.78 is 33.7. The molecule has 1 aliphatic heterocycles. The monoisotopic (exact) mass is 486 g/mol. The largest absolute Gasteiger partial charge is 0.492 e. The van der Waals surface area contributed by atoms with Crippen LogP contribution in [0.5, 0.6) is 5.75 Å². The Bertz CT molecular complexity index is 1260. The number of nitrogens with zero attached hydrogens (tertiary/aromatic N) is 1. The Morgan fingerprint density at radius 1 is 1.15 bits per heavy atom. The molecule has 0 radical (unpaired) electrons. The number of halogens is 1. The van der Waals surface area contributed by atoms with Crippen molar-refractivity contribution in [3.63, 3.8) is 0 Å². The van der Waals surface area contributed by atoms with Crippen molar-refractivity contribution in [2.24, 2.45) is 5.92 Å². The average molecular weight is 487 g/mol. The van der Waals surface area contributed by atoms with E-state index in [1.165, 1.54) is 10.4 Å². The molecular weight excluding hydrogens is 460 g/mol. The van der Waals surface area contributed by atoms with E-state index in [4.69, 9.17) is 16.3 Å². The average Bonchev–Trinajstić information content (AvgIpc) is 2.83. The minimum atomic E-state index is -3.86. The normalized spacial score (nSPS) is 17.1. The molecule has 1 heterocycles. The number of hydrogen-bond acceptors (Lipinski definition) is 4. The van der Waals surface area contributed by atoms with Gasteiger partial charge in [0.2, 0.25) is 15.9 Å². The minimum absolute atomic E-state index is 0.0358. The highest BCUT2D eigenvalue weighted by molar-refractivity contribution is 7.89. The Hall–Kier alpha value is -2.61. The van der Waals surface area contributed by atoms with Crippen molar-refractivity contribution in [3.05, 3.63) is 71.2 Å². The summed E-state index contributed by atoms with van der Waals surface area (Å²) in [6.45, 7) is 3.01. The first-order valence-corrected chi connectivity index (χ1v) is 12.9. The van der Waals surface area contributed by atoms with E-state index in [0.29, 0.717) is 37.6 Å². The molecule has 1 amide bonds. The fourth-order valence-corrected chi connectivity index (χ4v) is 6.16. The number of sulfonamides is 1. The Balaban J connectivity index is 1.48. The smallest absolute Gasteiger partial charge is 0.246 e. The number of rotatable bonds is 7. The second kappa shape index (κ2) is 10.1. The summed E-state index contributed by atoms with van der Waals surface area (Å²) in [7, 11) is -3.86. The Labute approximate surface area is 199 Å². The second-order valence-electron chi connectivity index (χ2n) is 8.08. The molecule has 6 nitrogen and oxygen atoms in total. The third kappa shape index (κ3) is 5.16. The van der Waals surface area contributed by atoms with Crippen molar-refractivity contribution < 1.29 is 17.9 Å². The molecule has 0 bridgehead atoms. The van der Waals surface area contributed by atoms with Gasteiger partial charge in [-0.15, -0.1) is 0 Å². The van der Waals surface area contributed by atoms with Crippen molar-refractivity contribution in [1.82, 2.24) is 9.62 Å². The van der Waals surface area contributed by atoms with Gasteiger partial charge >= 0.3 is 0 Å². The highest BCUT2D eigenvalue weighted by Crippen LogP contribution is 2.32. The van der Waals surface area contributed by atoms with Crippen LogP contribution in [-0.2, 0) is 21.4 Å². The van der Waals surface area contributed by atoms with Crippen molar-refractivity contribution in [2.45, 2.75) is 31.2 Å². The molecule has 0 aliphatic carbocycles. The molecule has 3 aromatic carbocycles. The lowest BCUT2D eigenvalue weighted by Gasteiger charge is -2.31. The van der Waals surface area contributed by atoms with Crippen molar-refractivity contribution in [3.8, 4) is 5.75 Å². The van der Waals surface area contributed by atoms with Crippen LogP contribution < -0.4 is 10.1 Å². The zero-order chi connectivity index (χ0) is 23.4. The number of piperidine rings is 1. The minimum Gasteiger partial charge on any atom is -0.492 e. The molecule has 0 saturated carbocycles. The number of carbonyl (C=O) groups excluding carboxylic acids is 1. The summed E-state index contributed by atoms with van der Waals surface area (Å²) in [5.74, 6) is -0.290. The first kappa shape index (κ1) is 23.5. The summed E-state index contributed by atoms with van der Waals surface area (Å²) in [5, 5.41) is 5.54. The van der Waals surface area contributed by atoms with Gasteiger partial charge in [0.15, 0.2) is 0 Å². The third-order valence-corrected chi connectivity index (χ3v) is 8.03. The highest BCUT2D eigenvalue weighted by atomic mass is 35.5. The molecule has 174 valence electrons. The van der Waals surface area contributed by atoms with Crippen molar-refractivity contribution in [1.29, 1.82) is 0 Å². The number of amides is 1. The predicted molar refractivity (Wildman–Crippen MR) is 130 cm³/mol. The highest BCUT2D eigenvalue weighted by Gasteiger charge is 2.35. The molecule has 1 saturated heterocycles. The standard InChI is InChI=1S/C25H27ClN2O4S/c1-2-32-23-13-12-21(26)15-24(23)33(30,31)28-14-6-10-20(17-28)25(29)27-16-19-9-5-8-18-7-3-4-11-22(18)19/h3-5,7-9,11-13,15,20H,2,6,10,14,16-17H2,1H3,(H,27,29). The van der Waals surface area contributed by atoms with Gasteiger partial charge in [0.1, 0.15) is 10.6 Å². The van der Waals surface area contributed by atoms with E-state index in [9.17, 15) is 13.2 Å². The van der Waals surface area contributed by atoms with Gasteiger partial charge in [-0.3, -0.25) is 4.79 Å². The lowest BCUT2D eigenvalue weighted by molar-refractivity contribution is -0.126. The fraction of sp³-hybridized carbons (Fsp3) is 0.320. The molecule has 0 spiro atoms. The van der Waals surface area contributed by atoms with Crippen molar-refractivity contribution >= 4 is 38.3 Å². The fourth-order valence-electron chi connectivity index (χ4n) is 4.25. The number of hydrogen-bond donors (Lipinski definition) is 1. The van der Waals surface area contributed by atoms with E-state index >= 15 is 0 Å². The van der Waals surface area contributed by atoms with Crippen LogP contribution in [0.15, 0.2) is 65.6 Å². The summed E-state index contributed by atoms with van der Waals surface area (Å²) in [4.78, 5) is 13.0. The van der Waals surface area contributed by atoms with E-state index in [-0.39, 0.29) is 23.1 Å². The first-order chi connectivity index (χ1) is 15.9. The van der Waals surface area contributed by atoms with Crippen LogP contribution in [0.2, 0.25) is 5.02 Å². The van der Waals surface area contributed by atoms with Gasteiger partial charge in [-0.1, -0.05) is 54.1 Å². The van der Waals surface area contributed by atoms with Gasteiger partial charge in [-0.2, -0.15) is 4.31 Å². The van der Waals surface area contributed by atoms with Crippen LogP contribution >= 0.6 is 11.6 Å². The summed E-state index contributed by atoms with van der Waals surface area (Å²) in [5.41, 5.74) is 1.03. The molecule has 1 fully saturated rings. The maximum absolute atomic E-state index is 13.4. The summed E-state index contributed by atoms with van der Waals surface area (Å²) >= 11 is 6.08. The molecule has 8 heteroatoms. The van der Waals surface area contributed by atoms with Crippen LogP contribution in [0.3, 0.4) is 0 Å². The van der Waals surface area contributed by atoms with E-state index in [0.717, 1.165) is 16.3 Å². The van der Waals surface area contributed by atoms with Crippen LogP contribution in [0.1, 0.15) is 25.3 Å².